The number of amides is 1. The molecule has 0 bridgehead atoms. The van der Waals surface area contributed by atoms with Crippen LogP contribution in [0.2, 0.25) is 5.02 Å². The number of halogens is 1. The van der Waals surface area contributed by atoms with Crippen molar-refractivity contribution in [1.82, 2.24) is 5.32 Å². The number of nitrogens with one attached hydrogen (secondary N) is 1. The number of ether oxygens (including phenoxy) is 1. The molecule has 154 valence electrons. The van der Waals surface area contributed by atoms with Gasteiger partial charge in [0.1, 0.15) is 17.3 Å². The Labute approximate surface area is 176 Å². The van der Waals surface area contributed by atoms with Gasteiger partial charge in [0.15, 0.2) is 6.10 Å². The molecule has 0 fully saturated rings. The van der Waals surface area contributed by atoms with E-state index < -0.39 is 0 Å². The molecule has 3 rings (SSSR count). The number of benzene rings is 2. The van der Waals surface area contributed by atoms with Crippen molar-refractivity contribution in [3.05, 3.63) is 58.6 Å². The second-order valence-electron chi connectivity index (χ2n) is 7.24. The van der Waals surface area contributed by atoms with E-state index in [1.807, 2.05) is 25.1 Å². The molecule has 0 aromatic heterocycles. The fourth-order valence-corrected chi connectivity index (χ4v) is 3.30. The third kappa shape index (κ3) is 5.71. The summed E-state index contributed by atoms with van der Waals surface area (Å²) in [5.41, 5.74) is 14.6. The van der Waals surface area contributed by atoms with Gasteiger partial charge in [0.05, 0.1) is 0 Å². The number of carbonyl (C=O) groups excluding carboxylic acids is 1. The number of unbranched alkanes of at least 4 members (excludes halogenated alkanes) is 2. The Bertz CT molecular complexity index is 883. The van der Waals surface area contributed by atoms with E-state index in [-0.39, 0.29) is 18.1 Å². The van der Waals surface area contributed by atoms with Crippen molar-refractivity contribution in [2.24, 2.45) is 16.5 Å². The first-order valence-corrected chi connectivity index (χ1v) is 10.3. The van der Waals surface area contributed by atoms with Crippen LogP contribution in [0.5, 0.6) is 5.75 Å². The Morgan fingerprint density at radius 1 is 1.21 bits per heavy atom. The Morgan fingerprint density at radius 3 is 2.72 bits per heavy atom. The summed E-state index contributed by atoms with van der Waals surface area (Å²) in [6, 6.07) is 12.6. The van der Waals surface area contributed by atoms with Crippen LogP contribution in [0.25, 0.3) is 0 Å². The highest BCUT2D eigenvalue weighted by Gasteiger charge is 2.19. The minimum Gasteiger partial charge on any atom is -0.481 e. The van der Waals surface area contributed by atoms with Crippen molar-refractivity contribution in [1.29, 1.82) is 0 Å². The van der Waals surface area contributed by atoms with Crippen molar-refractivity contribution >= 4 is 29.0 Å². The highest BCUT2D eigenvalue weighted by molar-refractivity contribution is 6.30. The molecule has 0 aliphatic carbocycles. The van der Waals surface area contributed by atoms with Crippen molar-refractivity contribution < 1.29 is 9.53 Å². The number of nitrogens with two attached hydrogens (primary N) is 2. The summed E-state index contributed by atoms with van der Waals surface area (Å²) < 4.78 is 5.72. The fourth-order valence-electron chi connectivity index (χ4n) is 3.17. The SMILES string of the molecule is CC1Oc2ccc(C(N)CCCCCNC(=O)c3ccc(Cl)cc3)cc2N=C1N. The number of nitrogens with zero attached hydrogens (tertiary/aromatic N) is 1. The molecule has 7 heteroatoms. The molecule has 1 aliphatic rings. The van der Waals surface area contributed by atoms with E-state index in [1.54, 1.807) is 24.3 Å². The lowest BCUT2D eigenvalue weighted by molar-refractivity contribution is 0.0953. The maximum Gasteiger partial charge on any atom is 0.251 e. The van der Waals surface area contributed by atoms with Crippen LogP contribution in [0.4, 0.5) is 5.69 Å². The summed E-state index contributed by atoms with van der Waals surface area (Å²) in [5.74, 6) is 1.13. The average Bonchev–Trinajstić information content (AvgIpc) is 2.71. The van der Waals surface area contributed by atoms with Crippen LogP contribution in [-0.2, 0) is 0 Å². The monoisotopic (exact) mass is 414 g/mol. The minimum absolute atomic E-state index is 0.0697. The molecule has 0 saturated heterocycles. The number of fused-ring (bicyclic) bond motifs is 1. The van der Waals surface area contributed by atoms with Gasteiger partial charge in [-0.3, -0.25) is 4.79 Å². The van der Waals surface area contributed by atoms with E-state index in [0.29, 0.717) is 23.0 Å². The van der Waals surface area contributed by atoms with Crippen molar-refractivity contribution in [2.45, 2.75) is 44.8 Å². The summed E-state index contributed by atoms with van der Waals surface area (Å²) in [6.45, 7) is 2.51. The molecule has 5 N–H and O–H groups in total. The second kappa shape index (κ2) is 9.76. The lowest BCUT2D eigenvalue weighted by Crippen LogP contribution is -2.33. The highest BCUT2D eigenvalue weighted by atomic mass is 35.5. The van der Waals surface area contributed by atoms with Crippen molar-refractivity contribution in [3.63, 3.8) is 0 Å². The van der Waals surface area contributed by atoms with Crippen LogP contribution < -0.4 is 21.5 Å². The topological polar surface area (TPSA) is 103 Å². The van der Waals surface area contributed by atoms with Crippen LogP contribution in [-0.4, -0.2) is 24.4 Å². The maximum atomic E-state index is 12.0. The van der Waals surface area contributed by atoms with E-state index >= 15 is 0 Å². The molecule has 29 heavy (non-hydrogen) atoms. The van der Waals surface area contributed by atoms with Gasteiger partial charge in [-0.1, -0.05) is 30.5 Å². The zero-order valence-electron chi connectivity index (χ0n) is 16.5. The fraction of sp³-hybridized carbons (Fsp3) is 0.364. The molecule has 2 unspecified atom stereocenters. The van der Waals surface area contributed by atoms with Gasteiger partial charge >= 0.3 is 0 Å². The molecular formula is C22H27ClN4O2. The van der Waals surface area contributed by atoms with E-state index in [9.17, 15) is 4.79 Å². The molecule has 2 aromatic rings. The van der Waals surface area contributed by atoms with Gasteiger partial charge in [0, 0.05) is 23.2 Å². The van der Waals surface area contributed by atoms with E-state index in [1.165, 1.54) is 0 Å². The third-order valence-corrected chi connectivity index (χ3v) is 5.22. The van der Waals surface area contributed by atoms with Gasteiger partial charge in [-0.25, -0.2) is 4.99 Å². The number of hydrogen-bond acceptors (Lipinski definition) is 5. The van der Waals surface area contributed by atoms with Gasteiger partial charge < -0.3 is 21.5 Å². The predicted molar refractivity (Wildman–Crippen MR) is 117 cm³/mol. The molecular weight excluding hydrogens is 388 g/mol. The van der Waals surface area contributed by atoms with Gasteiger partial charge in [-0.15, -0.1) is 0 Å². The quantitative estimate of drug-likeness (QED) is 0.565. The summed E-state index contributed by atoms with van der Waals surface area (Å²) in [6.07, 6.45) is 3.53. The first-order chi connectivity index (χ1) is 13.9. The Balaban J connectivity index is 1.38. The number of carbonyl (C=O) groups is 1. The Hall–Kier alpha value is -2.57. The van der Waals surface area contributed by atoms with Gasteiger partial charge in [0.25, 0.3) is 5.91 Å². The summed E-state index contributed by atoms with van der Waals surface area (Å²) in [7, 11) is 0. The predicted octanol–water partition coefficient (Wildman–Crippen LogP) is 4.10. The maximum absolute atomic E-state index is 12.0. The van der Waals surface area contributed by atoms with Gasteiger partial charge in [-0.2, -0.15) is 0 Å². The summed E-state index contributed by atoms with van der Waals surface area (Å²) in [4.78, 5) is 16.4. The van der Waals surface area contributed by atoms with Gasteiger partial charge in [0.2, 0.25) is 0 Å². The minimum atomic E-state index is -0.206. The van der Waals surface area contributed by atoms with E-state index in [2.05, 4.69) is 10.3 Å². The van der Waals surface area contributed by atoms with E-state index in [0.717, 1.165) is 42.7 Å². The molecule has 0 radical (unpaired) electrons. The number of amidine groups is 1. The van der Waals surface area contributed by atoms with E-state index in [4.69, 9.17) is 27.8 Å². The van der Waals surface area contributed by atoms with Crippen LogP contribution in [0.15, 0.2) is 47.5 Å². The number of rotatable bonds is 8. The molecule has 0 saturated carbocycles. The summed E-state index contributed by atoms with van der Waals surface area (Å²) in [5, 5.41) is 3.55. The number of hydrogen-bond donors (Lipinski definition) is 3. The first-order valence-electron chi connectivity index (χ1n) is 9.88. The van der Waals surface area contributed by atoms with Crippen LogP contribution in [0.1, 0.15) is 54.6 Å². The molecule has 2 atom stereocenters. The average molecular weight is 415 g/mol. The Kier molecular flexibility index (Phi) is 7.12. The normalized spacial score (nSPS) is 16.4. The lowest BCUT2D eigenvalue weighted by Gasteiger charge is -2.22. The zero-order valence-corrected chi connectivity index (χ0v) is 17.3. The third-order valence-electron chi connectivity index (χ3n) is 4.96. The molecule has 1 aliphatic heterocycles. The summed E-state index contributed by atoms with van der Waals surface area (Å²) >= 11 is 5.83. The second-order valence-corrected chi connectivity index (χ2v) is 7.68. The Morgan fingerprint density at radius 2 is 1.97 bits per heavy atom. The van der Waals surface area contributed by atoms with Crippen molar-refractivity contribution in [2.75, 3.05) is 6.54 Å². The van der Waals surface area contributed by atoms with Crippen LogP contribution >= 0.6 is 11.6 Å². The lowest BCUT2D eigenvalue weighted by atomic mass is 10.00. The first kappa shape index (κ1) is 21.1. The largest absolute Gasteiger partial charge is 0.481 e. The highest BCUT2D eigenvalue weighted by Crippen LogP contribution is 2.34. The van der Waals surface area contributed by atoms with Gasteiger partial charge in [-0.05, 0) is 61.7 Å². The molecule has 1 heterocycles. The van der Waals surface area contributed by atoms with Crippen molar-refractivity contribution in [3.8, 4) is 5.75 Å². The zero-order chi connectivity index (χ0) is 20.8. The molecule has 0 spiro atoms. The van der Waals surface area contributed by atoms with Crippen LogP contribution in [0, 0.1) is 0 Å². The number of aliphatic imine (C=N–C) groups is 1. The van der Waals surface area contributed by atoms with Crippen LogP contribution in [0.3, 0.4) is 0 Å². The molecule has 6 nitrogen and oxygen atoms in total. The molecule has 1 amide bonds. The standard InChI is InChI=1S/C22H27ClN4O2/c1-14-21(25)27-19-13-16(8-11-20(19)29-14)18(24)5-3-2-4-12-26-22(28)15-6-9-17(23)10-7-15/h6-11,13-14,18H,2-5,12,24H2,1H3,(H2,25,27)(H,26,28). The smallest absolute Gasteiger partial charge is 0.251 e. The molecule has 2 aromatic carbocycles.